The van der Waals surface area contributed by atoms with Crippen molar-refractivity contribution >= 4 is 22.8 Å². The Bertz CT molecular complexity index is 1060. The molecule has 0 saturated heterocycles. The zero-order valence-corrected chi connectivity index (χ0v) is 19.8. The number of thioether (sulfide) groups is 1. The van der Waals surface area contributed by atoms with Crippen molar-refractivity contribution in [2.75, 3.05) is 27.0 Å². The van der Waals surface area contributed by atoms with Crippen LogP contribution in [0, 0.1) is 0 Å². The van der Waals surface area contributed by atoms with Gasteiger partial charge in [-0.2, -0.15) is 4.99 Å². The maximum atomic E-state index is 12.8. The summed E-state index contributed by atoms with van der Waals surface area (Å²) in [4.78, 5) is 19.4. The SMILES string of the molecule is COc1ccc(CCN(Cc2ccc(O)cc2)C(=NC(=O)c2ccc(OC)cc2)SC)cc1. The molecule has 0 atom stereocenters. The highest BCUT2D eigenvalue weighted by atomic mass is 32.2. The summed E-state index contributed by atoms with van der Waals surface area (Å²) in [6, 6.07) is 22.0. The van der Waals surface area contributed by atoms with E-state index in [-0.39, 0.29) is 11.7 Å². The van der Waals surface area contributed by atoms with Crippen LogP contribution >= 0.6 is 11.8 Å². The number of amidine groups is 1. The molecule has 1 amide bonds. The fourth-order valence-corrected chi connectivity index (χ4v) is 3.84. The summed E-state index contributed by atoms with van der Waals surface area (Å²) in [5.74, 6) is 1.42. The van der Waals surface area contributed by atoms with Crippen LogP contribution in [0.15, 0.2) is 77.8 Å². The van der Waals surface area contributed by atoms with E-state index in [9.17, 15) is 9.90 Å². The summed E-state index contributed by atoms with van der Waals surface area (Å²) in [5, 5.41) is 10.3. The molecule has 0 radical (unpaired) electrons. The van der Waals surface area contributed by atoms with E-state index in [1.54, 1.807) is 50.6 Å². The van der Waals surface area contributed by atoms with Crippen molar-refractivity contribution < 1.29 is 19.4 Å². The monoisotopic (exact) mass is 464 g/mol. The van der Waals surface area contributed by atoms with Crippen molar-refractivity contribution in [1.29, 1.82) is 0 Å². The van der Waals surface area contributed by atoms with Crippen LogP contribution in [0.3, 0.4) is 0 Å². The van der Waals surface area contributed by atoms with E-state index >= 15 is 0 Å². The van der Waals surface area contributed by atoms with E-state index < -0.39 is 0 Å². The smallest absolute Gasteiger partial charge is 0.279 e. The largest absolute Gasteiger partial charge is 0.508 e. The number of amides is 1. The summed E-state index contributed by atoms with van der Waals surface area (Å²) in [6.07, 6.45) is 2.69. The third kappa shape index (κ3) is 7.02. The molecule has 7 heteroatoms. The molecule has 33 heavy (non-hydrogen) atoms. The highest BCUT2D eigenvalue weighted by Gasteiger charge is 2.15. The van der Waals surface area contributed by atoms with Gasteiger partial charge in [-0.15, -0.1) is 0 Å². The van der Waals surface area contributed by atoms with Crippen LogP contribution < -0.4 is 9.47 Å². The van der Waals surface area contributed by atoms with Gasteiger partial charge in [-0.1, -0.05) is 36.0 Å². The molecule has 0 heterocycles. The van der Waals surface area contributed by atoms with Gasteiger partial charge in [-0.25, -0.2) is 0 Å². The Kier molecular flexibility index (Phi) is 8.78. The number of benzene rings is 3. The lowest BCUT2D eigenvalue weighted by Crippen LogP contribution is -2.31. The topological polar surface area (TPSA) is 71.4 Å². The fraction of sp³-hybridized carbons (Fsp3) is 0.231. The van der Waals surface area contributed by atoms with Gasteiger partial charge >= 0.3 is 0 Å². The third-order valence-electron chi connectivity index (χ3n) is 5.13. The maximum Gasteiger partial charge on any atom is 0.279 e. The van der Waals surface area contributed by atoms with E-state index in [1.807, 2.05) is 42.7 Å². The number of aromatic hydroxyl groups is 1. The molecule has 6 nitrogen and oxygen atoms in total. The molecule has 0 unspecified atom stereocenters. The number of aliphatic imine (C=N–C) groups is 1. The molecule has 0 aromatic heterocycles. The Morgan fingerprint density at radius 1 is 0.879 bits per heavy atom. The second kappa shape index (κ2) is 12.0. The molecule has 1 N–H and O–H groups in total. The molecule has 172 valence electrons. The van der Waals surface area contributed by atoms with E-state index in [0.717, 1.165) is 23.3 Å². The number of carbonyl (C=O) groups excluding carboxylic acids is 1. The first kappa shape index (κ1) is 24.2. The maximum absolute atomic E-state index is 12.8. The molecule has 3 aromatic carbocycles. The Morgan fingerprint density at radius 3 is 1.97 bits per heavy atom. The Morgan fingerprint density at radius 2 is 1.42 bits per heavy atom. The quantitative estimate of drug-likeness (QED) is 0.373. The van der Waals surface area contributed by atoms with Crippen LogP contribution in [0.2, 0.25) is 0 Å². The van der Waals surface area contributed by atoms with Gasteiger partial charge in [0.2, 0.25) is 0 Å². The molecule has 0 saturated carbocycles. The Hall–Kier alpha value is -3.45. The van der Waals surface area contributed by atoms with Gasteiger partial charge < -0.3 is 19.5 Å². The van der Waals surface area contributed by atoms with Gasteiger partial charge in [0.1, 0.15) is 17.2 Å². The Labute approximate surface area is 198 Å². The molecule has 0 aliphatic rings. The minimum atomic E-state index is -0.304. The molecular formula is C26H28N2O4S. The van der Waals surface area contributed by atoms with Gasteiger partial charge in [-0.05, 0) is 72.3 Å². The van der Waals surface area contributed by atoms with Gasteiger partial charge in [0.05, 0.1) is 14.2 Å². The van der Waals surface area contributed by atoms with Crippen molar-refractivity contribution in [1.82, 2.24) is 4.90 Å². The number of methoxy groups -OCH3 is 2. The normalized spacial score (nSPS) is 11.2. The minimum absolute atomic E-state index is 0.219. The molecule has 0 spiro atoms. The molecular weight excluding hydrogens is 436 g/mol. The number of hydrogen-bond donors (Lipinski definition) is 1. The van der Waals surface area contributed by atoms with Crippen LogP contribution in [0.4, 0.5) is 0 Å². The average Bonchev–Trinajstić information content (AvgIpc) is 2.86. The zero-order valence-electron chi connectivity index (χ0n) is 19.0. The summed E-state index contributed by atoms with van der Waals surface area (Å²) in [7, 11) is 3.24. The highest BCUT2D eigenvalue weighted by Crippen LogP contribution is 2.18. The molecule has 3 rings (SSSR count). The number of ether oxygens (including phenoxy) is 2. The molecule has 0 fully saturated rings. The number of hydrogen-bond acceptors (Lipinski definition) is 5. The zero-order chi connectivity index (χ0) is 23.6. The second-order valence-electron chi connectivity index (χ2n) is 7.32. The highest BCUT2D eigenvalue weighted by molar-refractivity contribution is 8.13. The average molecular weight is 465 g/mol. The summed E-state index contributed by atoms with van der Waals surface area (Å²) < 4.78 is 10.4. The summed E-state index contributed by atoms with van der Waals surface area (Å²) in [6.45, 7) is 1.23. The third-order valence-corrected chi connectivity index (χ3v) is 5.84. The van der Waals surface area contributed by atoms with Crippen molar-refractivity contribution in [2.24, 2.45) is 4.99 Å². The van der Waals surface area contributed by atoms with E-state index in [0.29, 0.717) is 29.6 Å². The lowest BCUT2D eigenvalue weighted by atomic mass is 10.1. The van der Waals surface area contributed by atoms with Crippen molar-refractivity contribution in [3.63, 3.8) is 0 Å². The lowest BCUT2D eigenvalue weighted by molar-refractivity contribution is 0.100. The molecule has 0 bridgehead atoms. The van der Waals surface area contributed by atoms with E-state index in [2.05, 4.69) is 9.89 Å². The van der Waals surface area contributed by atoms with E-state index in [1.165, 1.54) is 11.8 Å². The van der Waals surface area contributed by atoms with Crippen molar-refractivity contribution in [3.05, 3.63) is 89.5 Å². The van der Waals surface area contributed by atoms with Gasteiger partial charge in [0.15, 0.2) is 5.17 Å². The Balaban J connectivity index is 1.82. The first-order valence-electron chi connectivity index (χ1n) is 10.5. The molecule has 0 aliphatic carbocycles. The van der Waals surface area contributed by atoms with Gasteiger partial charge in [0.25, 0.3) is 5.91 Å². The van der Waals surface area contributed by atoms with Crippen molar-refractivity contribution in [2.45, 2.75) is 13.0 Å². The minimum Gasteiger partial charge on any atom is -0.508 e. The summed E-state index contributed by atoms with van der Waals surface area (Å²) in [5.41, 5.74) is 2.68. The molecule has 0 aliphatic heterocycles. The van der Waals surface area contributed by atoms with Gasteiger partial charge in [-0.3, -0.25) is 4.79 Å². The fourth-order valence-electron chi connectivity index (χ4n) is 3.25. The predicted molar refractivity (Wildman–Crippen MR) is 133 cm³/mol. The number of phenols is 1. The van der Waals surface area contributed by atoms with Gasteiger partial charge in [0, 0.05) is 18.7 Å². The second-order valence-corrected chi connectivity index (χ2v) is 8.09. The van der Waals surface area contributed by atoms with Crippen LogP contribution in [0.5, 0.6) is 17.2 Å². The number of phenolic OH excluding ortho intramolecular Hbond substituents is 1. The lowest BCUT2D eigenvalue weighted by Gasteiger charge is -2.25. The summed E-state index contributed by atoms with van der Waals surface area (Å²) >= 11 is 1.43. The predicted octanol–water partition coefficient (Wildman–Crippen LogP) is 5.01. The van der Waals surface area contributed by atoms with Crippen LogP contribution in [0.1, 0.15) is 21.5 Å². The molecule has 3 aromatic rings. The first-order valence-corrected chi connectivity index (χ1v) is 11.7. The number of carbonyl (C=O) groups is 1. The standard InChI is InChI=1S/C26H28N2O4S/c1-31-23-12-6-19(7-13-23)16-17-28(18-20-4-10-22(29)11-5-20)26(33-3)27-25(30)21-8-14-24(32-2)15-9-21/h4-15,29H,16-18H2,1-3H3. The van der Waals surface area contributed by atoms with Crippen LogP contribution in [-0.4, -0.2) is 48.1 Å². The van der Waals surface area contributed by atoms with Crippen LogP contribution in [0.25, 0.3) is 0 Å². The van der Waals surface area contributed by atoms with Crippen molar-refractivity contribution in [3.8, 4) is 17.2 Å². The number of rotatable bonds is 8. The van der Waals surface area contributed by atoms with Crippen LogP contribution in [-0.2, 0) is 13.0 Å². The number of nitrogens with zero attached hydrogens (tertiary/aromatic N) is 2. The first-order chi connectivity index (χ1) is 16.0. The van der Waals surface area contributed by atoms with E-state index in [4.69, 9.17) is 9.47 Å².